The number of benzene rings is 2. The summed E-state index contributed by atoms with van der Waals surface area (Å²) in [6.07, 6.45) is 0. The molecule has 0 bridgehead atoms. The summed E-state index contributed by atoms with van der Waals surface area (Å²) in [6.45, 7) is 2.62. The van der Waals surface area contributed by atoms with Crippen LogP contribution in [0.2, 0.25) is 5.02 Å². The molecule has 0 aromatic heterocycles. The van der Waals surface area contributed by atoms with E-state index in [1.165, 1.54) is 36.2 Å². The van der Waals surface area contributed by atoms with Gasteiger partial charge in [0.15, 0.2) is 0 Å². The lowest BCUT2D eigenvalue weighted by molar-refractivity contribution is -0.130. The number of amides is 1. The third-order valence-electron chi connectivity index (χ3n) is 3.96. The highest BCUT2D eigenvalue weighted by molar-refractivity contribution is 7.89. The van der Waals surface area contributed by atoms with Gasteiger partial charge in [-0.3, -0.25) is 4.79 Å². The normalized spacial score (nSPS) is 11.4. The molecule has 0 unspecified atom stereocenters. The molecule has 27 heavy (non-hydrogen) atoms. The fourth-order valence-electron chi connectivity index (χ4n) is 2.40. The van der Waals surface area contributed by atoms with Crippen molar-refractivity contribution >= 4 is 27.5 Å². The largest absolute Gasteiger partial charge is 0.494 e. The Kier molecular flexibility index (Phi) is 7.24. The Balaban J connectivity index is 1.99. The van der Waals surface area contributed by atoms with Crippen molar-refractivity contribution in [2.45, 2.75) is 18.4 Å². The van der Waals surface area contributed by atoms with Crippen LogP contribution in [-0.2, 0) is 21.4 Å². The van der Waals surface area contributed by atoms with Gasteiger partial charge in [0.25, 0.3) is 0 Å². The minimum atomic E-state index is -3.76. The number of hydrogen-bond donors (Lipinski definition) is 0. The van der Waals surface area contributed by atoms with E-state index in [9.17, 15) is 13.2 Å². The lowest BCUT2D eigenvalue weighted by Crippen LogP contribution is -2.39. The van der Waals surface area contributed by atoms with Gasteiger partial charge in [-0.1, -0.05) is 23.7 Å². The van der Waals surface area contributed by atoms with E-state index in [2.05, 4.69) is 0 Å². The number of carbonyl (C=O) groups is 1. The summed E-state index contributed by atoms with van der Waals surface area (Å²) in [5.74, 6) is 0.466. The van der Waals surface area contributed by atoms with E-state index in [-0.39, 0.29) is 17.3 Å². The Morgan fingerprint density at radius 3 is 2.19 bits per heavy atom. The molecule has 2 rings (SSSR count). The summed E-state index contributed by atoms with van der Waals surface area (Å²) in [5, 5.41) is 0.447. The van der Waals surface area contributed by atoms with Gasteiger partial charge < -0.3 is 9.64 Å². The first-order valence-electron chi connectivity index (χ1n) is 8.41. The standard InChI is InChI=1S/C19H23ClN2O4S/c1-4-26-17-9-5-15(6-10-17)13-21(2)19(23)14-22(3)27(24,25)18-11-7-16(20)8-12-18/h5-12H,4,13-14H2,1-3H3. The molecule has 0 saturated heterocycles. The van der Waals surface area contributed by atoms with Crippen molar-refractivity contribution in [3.8, 4) is 5.75 Å². The zero-order valence-corrected chi connectivity index (χ0v) is 17.1. The molecule has 146 valence electrons. The summed E-state index contributed by atoms with van der Waals surface area (Å²) in [7, 11) is -0.737. The first kappa shape index (κ1) is 21.2. The maximum atomic E-state index is 12.6. The predicted molar refractivity (Wildman–Crippen MR) is 105 cm³/mol. The van der Waals surface area contributed by atoms with Crippen molar-refractivity contribution < 1.29 is 17.9 Å². The molecule has 1 amide bonds. The zero-order chi connectivity index (χ0) is 20.0. The van der Waals surface area contributed by atoms with E-state index in [4.69, 9.17) is 16.3 Å². The summed E-state index contributed by atoms with van der Waals surface area (Å²) < 4.78 is 31.5. The molecule has 0 radical (unpaired) electrons. The minimum Gasteiger partial charge on any atom is -0.494 e. The molecule has 0 atom stereocenters. The van der Waals surface area contributed by atoms with Gasteiger partial charge in [-0.15, -0.1) is 0 Å². The van der Waals surface area contributed by atoms with Gasteiger partial charge in [0.2, 0.25) is 15.9 Å². The number of halogens is 1. The maximum absolute atomic E-state index is 12.6. The summed E-state index contributed by atoms with van der Waals surface area (Å²) in [6, 6.07) is 13.3. The van der Waals surface area contributed by atoms with E-state index in [0.29, 0.717) is 18.2 Å². The van der Waals surface area contributed by atoms with Crippen molar-refractivity contribution in [2.24, 2.45) is 0 Å². The second-order valence-corrected chi connectivity index (χ2v) is 8.52. The van der Waals surface area contributed by atoms with E-state index in [0.717, 1.165) is 15.6 Å². The summed E-state index contributed by atoms with van der Waals surface area (Å²) >= 11 is 5.79. The van der Waals surface area contributed by atoms with Crippen LogP contribution in [0.1, 0.15) is 12.5 Å². The Hall–Kier alpha value is -2.09. The van der Waals surface area contributed by atoms with Crippen LogP contribution in [0.25, 0.3) is 0 Å². The summed E-state index contributed by atoms with van der Waals surface area (Å²) in [4.78, 5) is 14.0. The third kappa shape index (κ3) is 5.69. The monoisotopic (exact) mass is 410 g/mol. The molecule has 8 heteroatoms. The van der Waals surface area contributed by atoms with E-state index in [1.54, 1.807) is 7.05 Å². The van der Waals surface area contributed by atoms with Crippen molar-refractivity contribution in [1.29, 1.82) is 0 Å². The number of likely N-dealkylation sites (N-methyl/N-ethyl adjacent to an activating group) is 2. The minimum absolute atomic E-state index is 0.0939. The van der Waals surface area contributed by atoms with Crippen LogP contribution < -0.4 is 4.74 Å². The van der Waals surface area contributed by atoms with Crippen LogP contribution in [0, 0.1) is 0 Å². The molecule has 2 aromatic carbocycles. The molecule has 0 heterocycles. The van der Waals surface area contributed by atoms with Crippen LogP contribution in [0.4, 0.5) is 0 Å². The van der Waals surface area contributed by atoms with Crippen molar-refractivity contribution in [3.63, 3.8) is 0 Å². The molecule has 0 aliphatic rings. The number of hydrogen-bond acceptors (Lipinski definition) is 4. The van der Waals surface area contributed by atoms with Gasteiger partial charge in [-0.05, 0) is 48.9 Å². The molecule has 0 fully saturated rings. The number of sulfonamides is 1. The van der Waals surface area contributed by atoms with Crippen molar-refractivity contribution in [1.82, 2.24) is 9.21 Å². The lowest BCUT2D eigenvalue weighted by Gasteiger charge is -2.22. The van der Waals surface area contributed by atoms with Gasteiger partial charge in [-0.2, -0.15) is 4.31 Å². The first-order chi connectivity index (χ1) is 12.7. The van der Waals surface area contributed by atoms with Gasteiger partial charge >= 0.3 is 0 Å². The SMILES string of the molecule is CCOc1ccc(CN(C)C(=O)CN(C)S(=O)(=O)c2ccc(Cl)cc2)cc1. The summed E-state index contributed by atoms with van der Waals surface area (Å²) in [5.41, 5.74) is 0.928. The van der Waals surface area contributed by atoms with Gasteiger partial charge in [-0.25, -0.2) is 8.42 Å². The van der Waals surface area contributed by atoms with Crippen LogP contribution in [0.15, 0.2) is 53.4 Å². The highest BCUT2D eigenvalue weighted by Crippen LogP contribution is 2.18. The first-order valence-corrected chi connectivity index (χ1v) is 10.2. The number of carbonyl (C=O) groups excluding carboxylic acids is 1. The van der Waals surface area contributed by atoms with Crippen LogP contribution >= 0.6 is 11.6 Å². The zero-order valence-electron chi connectivity index (χ0n) is 15.6. The Morgan fingerprint density at radius 1 is 1.04 bits per heavy atom. The predicted octanol–water partition coefficient (Wildman–Crippen LogP) is 3.02. The van der Waals surface area contributed by atoms with E-state index >= 15 is 0 Å². The molecular formula is C19H23ClN2O4S. The van der Waals surface area contributed by atoms with Crippen LogP contribution in [0.3, 0.4) is 0 Å². The molecule has 0 N–H and O–H groups in total. The molecule has 6 nitrogen and oxygen atoms in total. The number of ether oxygens (including phenoxy) is 1. The lowest BCUT2D eigenvalue weighted by atomic mass is 10.2. The van der Waals surface area contributed by atoms with E-state index < -0.39 is 10.0 Å². The number of rotatable bonds is 8. The molecule has 2 aromatic rings. The van der Waals surface area contributed by atoms with Crippen molar-refractivity contribution in [3.05, 3.63) is 59.1 Å². The maximum Gasteiger partial charge on any atom is 0.243 e. The van der Waals surface area contributed by atoms with Gasteiger partial charge in [0.05, 0.1) is 18.0 Å². The molecule has 0 aliphatic heterocycles. The molecule has 0 spiro atoms. The molecule has 0 aliphatic carbocycles. The van der Waals surface area contributed by atoms with Crippen LogP contribution in [0.5, 0.6) is 5.75 Å². The third-order valence-corrected chi connectivity index (χ3v) is 6.03. The quantitative estimate of drug-likeness (QED) is 0.670. The van der Waals surface area contributed by atoms with Gasteiger partial charge in [0.1, 0.15) is 5.75 Å². The Morgan fingerprint density at radius 2 is 1.63 bits per heavy atom. The molecule has 0 saturated carbocycles. The van der Waals surface area contributed by atoms with Crippen molar-refractivity contribution in [2.75, 3.05) is 27.2 Å². The number of nitrogens with zero attached hydrogens (tertiary/aromatic N) is 2. The average Bonchev–Trinajstić information content (AvgIpc) is 2.63. The average molecular weight is 411 g/mol. The van der Waals surface area contributed by atoms with Crippen LogP contribution in [-0.4, -0.2) is 50.8 Å². The smallest absolute Gasteiger partial charge is 0.243 e. The fraction of sp³-hybridized carbons (Fsp3) is 0.316. The topological polar surface area (TPSA) is 66.9 Å². The Bertz CT molecular complexity index is 868. The highest BCUT2D eigenvalue weighted by Gasteiger charge is 2.24. The Labute approximate surface area is 165 Å². The highest BCUT2D eigenvalue weighted by atomic mass is 35.5. The van der Waals surface area contributed by atoms with E-state index in [1.807, 2.05) is 31.2 Å². The second-order valence-electron chi connectivity index (χ2n) is 6.04. The fourth-order valence-corrected chi connectivity index (χ4v) is 3.65. The van der Waals surface area contributed by atoms with Gasteiger partial charge in [0, 0.05) is 25.7 Å². The second kappa shape index (κ2) is 9.21. The molecular weight excluding hydrogens is 388 g/mol.